The van der Waals surface area contributed by atoms with Crippen LogP contribution in [-0.2, 0) is 0 Å². The van der Waals surface area contributed by atoms with Crippen LogP contribution in [0.1, 0.15) is 27.2 Å². The van der Waals surface area contributed by atoms with Crippen molar-refractivity contribution in [3.63, 3.8) is 0 Å². The average molecular weight is 170 g/mol. The lowest BCUT2D eigenvalue weighted by Gasteiger charge is -2.16. The van der Waals surface area contributed by atoms with E-state index in [9.17, 15) is 10.2 Å². The molecule has 0 rings (SSSR count). The molecule has 1 atom stereocenters. The Kier molecular flexibility index (Phi) is 3.68. The van der Waals surface area contributed by atoms with Crippen LogP contribution in [0, 0.1) is 0 Å². The first kappa shape index (κ1) is 11.4. The van der Waals surface area contributed by atoms with E-state index in [1.807, 2.05) is 0 Å². The van der Waals surface area contributed by atoms with E-state index in [4.69, 9.17) is 0 Å². The van der Waals surface area contributed by atoms with Gasteiger partial charge in [-0.1, -0.05) is 18.2 Å². The fraction of sp³-hybridized carbons (Fsp3) is 0.600. The predicted octanol–water partition coefficient (Wildman–Crippen LogP) is 1.64. The van der Waals surface area contributed by atoms with Crippen LogP contribution < -0.4 is 0 Å². The van der Waals surface area contributed by atoms with E-state index in [0.29, 0.717) is 6.42 Å². The van der Waals surface area contributed by atoms with Crippen molar-refractivity contribution >= 4 is 0 Å². The molecule has 0 aromatic heterocycles. The quantitative estimate of drug-likeness (QED) is 0.630. The van der Waals surface area contributed by atoms with Crippen molar-refractivity contribution in [3.8, 4) is 0 Å². The SMILES string of the molecule is C=CC(C)(O)C/C=C/C(C)(C)O. The van der Waals surface area contributed by atoms with Crippen LogP contribution in [0.4, 0.5) is 0 Å². The lowest BCUT2D eigenvalue weighted by molar-refractivity contribution is 0.112. The van der Waals surface area contributed by atoms with Crippen LogP contribution in [0.2, 0.25) is 0 Å². The van der Waals surface area contributed by atoms with Gasteiger partial charge in [-0.15, -0.1) is 6.58 Å². The van der Waals surface area contributed by atoms with Gasteiger partial charge in [-0.2, -0.15) is 0 Å². The molecule has 0 aromatic rings. The number of aliphatic hydroxyl groups is 2. The van der Waals surface area contributed by atoms with E-state index in [2.05, 4.69) is 6.58 Å². The second-order valence-electron chi connectivity index (χ2n) is 3.82. The van der Waals surface area contributed by atoms with Crippen molar-refractivity contribution < 1.29 is 10.2 Å². The Morgan fingerprint density at radius 1 is 1.25 bits per heavy atom. The summed E-state index contributed by atoms with van der Waals surface area (Å²) in [6, 6.07) is 0. The van der Waals surface area contributed by atoms with Crippen LogP contribution >= 0.6 is 0 Å². The lowest BCUT2D eigenvalue weighted by atomic mass is 10.0. The fourth-order valence-corrected chi connectivity index (χ4v) is 0.669. The molecule has 0 bridgehead atoms. The van der Waals surface area contributed by atoms with E-state index in [1.54, 1.807) is 32.9 Å². The highest BCUT2D eigenvalue weighted by Gasteiger charge is 2.13. The van der Waals surface area contributed by atoms with Gasteiger partial charge in [0.25, 0.3) is 0 Å². The minimum atomic E-state index is -0.873. The Morgan fingerprint density at radius 2 is 1.75 bits per heavy atom. The molecule has 0 aliphatic rings. The molecular weight excluding hydrogens is 152 g/mol. The van der Waals surface area contributed by atoms with Gasteiger partial charge in [0.15, 0.2) is 0 Å². The van der Waals surface area contributed by atoms with E-state index in [0.717, 1.165) is 0 Å². The maximum Gasteiger partial charge on any atom is 0.0831 e. The topological polar surface area (TPSA) is 40.5 Å². The summed E-state index contributed by atoms with van der Waals surface area (Å²) in [5, 5.41) is 18.8. The van der Waals surface area contributed by atoms with Gasteiger partial charge in [0.05, 0.1) is 11.2 Å². The Bertz CT molecular complexity index is 173. The smallest absolute Gasteiger partial charge is 0.0831 e. The Balaban J connectivity index is 3.99. The lowest BCUT2D eigenvalue weighted by Crippen LogP contribution is -2.20. The van der Waals surface area contributed by atoms with Crippen molar-refractivity contribution in [2.24, 2.45) is 0 Å². The zero-order valence-electron chi connectivity index (χ0n) is 8.04. The molecule has 0 fully saturated rings. The molecule has 0 aliphatic carbocycles. The summed E-state index contributed by atoms with van der Waals surface area (Å²) in [7, 11) is 0. The van der Waals surface area contributed by atoms with Gasteiger partial charge in [0.2, 0.25) is 0 Å². The van der Waals surface area contributed by atoms with Gasteiger partial charge in [0, 0.05) is 0 Å². The van der Waals surface area contributed by atoms with Crippen LogP contribution in [0.5, 0.6) is 0 Å². The zero-order chi connectivity index (χ0) is 9.83. The second kappa shape index (κ2) is 3.87. The second-order valence-corrected chi connectivity index (χ2v) is 3.82. The Morgan fingerprint density at radius 3 is 2.08 bits per heavy atom. The van der Waals surface area contributed by atoms with Crippen molar-refractivity contribution in [2.75, 3.05) is 0 Å². The molecule has 70 valence electrons. The van der Waals surface area contributed by atoms with Crippen LogP contribution in [-0.4, -0.2) is 21.4 Å². The summed E-state index contributed by atoms with van der Waals surface area (Å²) >= 11 is 0. The third kappa shape index (κ3) is 6.13. The highest BCUT2D eigenvalue weighted by Crippen LogP contribution is 2.12. The van der Waals surface area contributed by atoms with E-state index >= 15 is 0 Å². The molecular formula is C10H18O2. The van der Waals surface area contributed by atoms with Gasteiger partial charge < -0.3 is 10.2 Å². The van der Waals surface area contributed by atoms with E-state index in [1.165, 1.54) is 6.08 Å². The summed E-state index contributed by atoms with van der Waals surface area (Å²) in [6.07, 6.45) is 5.37. The molecule has 0 aliphatic heterocycles. The van der Waals surface area contributed by atoms with Gasteiger partial charge >= 0.3 is 0 Å². The minimum absolute atomic E-state index is 0.473. The monoisotopic (exact) mass is 170 g/mol. The summed E-state index contributed by atoms with van der Waals surface area (Å²) in [5.41, 5.74) is -1.68. The third-order valence-corrected chi connectivity index (χ3v) is 1.50. The van der Waals surface area contributed by atoms with Gasteiger partial charge in [0.1, 0.15) is 0 Å². The predicted molar refractivity (Wildman–Crippen MR) is 50.9 cm³/mol. The van der Waals surface area contributed by atoms with Crippen LogP contribution in [0.15, 0.2) is 24.8 Å². The maximum atomic E-state index is 9.47. The Hall–Kier alpha value is -0.600. The summed E-state index contributed by atoms with van der Waals surface area (Å²) < 4.78 is 0. The first-order valence-electron chi connectivity index (χ1n) is 4.03. The minimum Gasteiger partial charge on any atom is -0.386 e. The fourth-order valence-electron chi connectivity index (χ4n) is 0.669. The highest BCUT2D eigenvalue weighted by molar-refractivity contribution is 5.02. The molecule has 2 nitrogen and oxygen atoms in total. The van der Waals surface area contributed by atoms with Gasteiger partial charge in [-0.05, 0) is 27.2 Å². The molecule has 0 radical (unpaired) electrons. The highest BCUT2D eigenvalue weighted by atomic mass is 16.3. The molecule has 12 heavy (non-hydrogen) atoms. The molecule has 2 N–H and O–H groups in total. The molecule has 0 spiro atoms. The van der Waals surface area contributed by atoms with E-state index < -0.39 is 11.2 Å². The van der Waals surface area contributed by atoms with Gasteiger partial charge in [-0.3, -0.25) is 0 Å². The average Bonchev–Trinajstić information content (AvgIpc) is 1.84. The summed E-state index contributed by atoms with van der Waals surface area (Å²) in [6.45, 7) is 8.55. The number of rotatable bonds is 4. The molecule has 0 aromatic carbocycles. The van der Waals surface area contributed by atoms with Crippen molar-refractivity contribution in [3.05, 3.63) is 24.8 Å². The summed E-state index contributed by atoms with van der Waals surface area (Å²) in [5.74, 6) is 0. The Labute approximate surface area is 74.2 Å². The summed E-state index contributed by atoms with van der Waals surface area (Å²) in [4.78, 5) is 0. The molecule has 0 saturated carbocycles. The largest absolute Gasteiger partial charge is 0.386 e. The maximum absolute atomic E-state index is 9.47. The van der Waals surface area contributed by atoms with Crippen molar-refractivity contribution in [1.82, 2.24) is 0 Å². The van der Waals surface area contributed by atoms with Crippen molar-refractivity contribution in [1.29, 1.82) is 0 Å². The normalized spacial score (nSPS) is 17.8. The standard InChI is InChI=1S/C10H18O2/c1-5-10(4,12)8-6-7-9(2,3)11/h5-7,11-12H,1,8H2,2-4H3/b7-6+. The van der Waals surface area contributed by atoms with E-state index in [-0.39, 0.29) is 0 Å². The van der Waals surface area contributed by atoms with Crippen LogP contribution in [0.25, 0.3) is 0 Å². The zero-order valence-corrected chi connectivity index (χ0v) is 8.04. The molecule has 0 amide bonds. The first-order chi connectivity index (χ1) is 5.27. The van der Waals surface area contributed by atoms with Crippen molar-refractivity contribution in [2.45, 2.75) is 38.4 Å². The van der Waals surface area contributed by atoms with Crippen LogP contribution in [0.3, 0.4) is 0 Å². The molecule has 0 heterocycles. The number of hydrogen-bond acceptors (Lipinski definition) is 2. The van der Waals surface area contributed by atoms with Gasteiger partial charge in [-0.25, -0.2) is 0 Å². The molecule has 0 saturated heterocycles. The molecule has 2 heteroatoms. The first-order valence-corrected chi connectivity index (χ1v) is 4.03. The number of hydrogen-bond donors (Lipinski definition) is 2. The third-order valence-electron chi connectivity index (χ3n) is 1.50. The molecule has 1 unspecified atom stereocenters.